The quantitative estimate of drug-likeness (QED) is 0.789. The van der Waals surface area contributed by atoms with Crippen molar-refractivity contribution in [2.45, 2.75) is 26.2 Å². The molecule has 1 unspecified atom stereocenters. The number of rotatable bonds is 3. The molecule has 1 aliphatic heterocycles. The number of amides is 1. The number of hydrogen-bond donors (Lipinski definition) is 1. The van der Waals surface area contributed by atoms with Crippen LogP contribution in [0.1, 0.15) is 30.4 Å². The van der Waals surface area contributed by atoms with Crippen LogP contribution in [-0.4, -0.2) is 28.4 Å². The zero-order valence-electron chi connectivity index (χ0n) is 14.8. The third-order valence-corrected chi connectivity index (χ3v) is 5.20. The molecule has 3 heterocycles. The fourth-order valence-electron chi connectivity index (χ4n) is 4.03. The summed E-state index contributed by atoms with van der Waals surface area (Å²) in [5.41, 5.74) is 9.50. The first-order valence-electron chi connectivity index (χ1n) is 8.92. The summed E-state index contributed by atoms with van der Waals surface area (Å²) < 4.78 is 2.08. The number of anilines is 1. The molecule has 2 N–H and O–H groups in total. The number of primary amides is 1. The van der Waals surface area contributed by atoms with Crippen LogP contribution in [0.25, 0.3) is 16.7 Å². The molecular formula is C20H21N5O. The Morgan fingerprint density at radius 2 is 2.23 bits per heavy atom. The van der Waals surface area contributed by atoms with Gasteiger partial charge in [0.15, 0.2) is 5.65 Å². The minimum absolute atomic E-state index is 0.244. The Labute approximate surface area is 151 Å². The average Bonchev–Trinajstić information content (AvgIpc) is 3.00. The maximum Gasteiger partial charge on any atom is 0.217 e. The summed E-state index contributed by atoms with van der Waals surface area (Å²) in [6, 6.07) is 12.3. The van der Waals surface area contributed by atoms with Gasteiger partial charge >= 0.3 is 0 Å². The summed E-state index contributed by atoms with van der Waals surface area (Å²) >= 11 is 0. The highest BCUT2D eigenvalue weighted by atomic mass is 16.1. The van der Waals surface area contributed by atoms with Crippen molar-refractivity contribution in [2.75, 3.05) is 18.0 Å². The lowest BCUT2D eigenvalue weighted by Crippen LogP contribution is -2.38. The van der Waals surface area contributed by atoms with Gasteiger partial charge in [-0.3, -0.25) is 9.20 Å². The first kappa shape index (κ1) is 16.4. The van der Waals surface area contributed by atoms with Gasteiger partial charge in [-0.1, -0.05) is 12.1 Å². The van der Waals surface area contributed by atoms with Crippen LogP contribution in [0.4, 0.5) is 5.82 Å². The summed E-state index contributed by atoms with van der Waals surface area (Å²) in [6.45, 7) is 3.66. The number of para-hydroxylation sites is 2. The van der Waals surface area contributed by atoms with Crippen molar-refractivity contribution in [3.8, 4) is 6.07 Å². The van der Waals surface area contributed by atoms with Gasteiger partial charge in [0.05, 0.1) is 16.6 Å². The predicted octanol–water partition coefficient (Wildman–Crippen LogP) is 2.76. The number of aryl methyl sites for hydroxylation is 1. The van der Waals surface area contributed by atoms with Gasteiger partial charge in [0.25, 0.3) is 0 Å². The molecule has 0 spiro atoms. The molecule has 1 saturated heterocycles. The van der Waals surface area contributed by atoms with Gasteiger partial charge in [-0.2, -0.15) is 5.26 Å². The minimum Gasteiger partial charge on any atom is -0.370 e. The molecule has 132 valence electrons. The second kappa shape index (κ2) is 6.34. The molecular weight excluding hydrogens is 326 g/mol. The number of hydrogen-bond acceptors (Lipinski definition) is 4. The fraction of sp³-hybridized carbons (Fsp3) is 0.350. The Kier molecular flexibility index (Phi) is 4.00. The van der Waals surface area contributed by atoms with Crippen LogP contribution in [0.5, 0.6) is 0 Å². The Bertz CT molecular complexity index is 1050. The van der Waals surface area contributed by atoms with Gasteiger partial charge in [0.2, 0.25) is 5.91 Å². The van der Waals surface area contributed by atoms with Crippen molar-refractivity contribution >= 4 is 28.4 Å². The number of nitrogens with zero attached hydrogens (tertiary/aromatic N) is 4. The van der Waals surface area contributed by atoms with E-state index in [0.29, 0.717) is 17.6 Å². The summed E-state index contributed by atoms with van der Waals surface area (Å²) in [6.07, 6.45) is 2.45. The third kappa shape index (κ3) is 2.66. The summed E-state index contributed by atoms with van der Waals surface area (Å²) in [5.74, 6) is 1.05. The lowest BCUT2D eigenvalue weighted by Gasteiger charge is -2.34. The van der Waals surface area contributed by atoms with Gasteiger partial charge in [0.1, 0.15) is 11.9 Å². The number of benzene rings is 1. The summed E-state index contributed by atoms with van der Waals surface area (Å²) in [7, 11) is 0. The number of piperidine rings is 1. The molecule has 0 aliphatic carbocycles. The van der Waals surface area contributed by atoms with Crippen molar-refractivity contribution < 1.29 is 4.79 Å². The van der Waals surface area contributed by atoms with Crippen molar-refractivity contribution in [1.29, 1.82) is 5.26 Å². The van der Waals surface area contributed by atoms with Crippen LogP contribution < -0.4 is 10.6 Å². The van der Waals surface area contributed by atoms with Crippen molar-refractivity contribution in [1.82, 2.24) is 9.38 Å². The van der Waals surface area contributed by atoms with Gasteiger partial charge in [-0.05, 0) is 49.4 Å². The molecule has 6 heteroatoms. The zero-order chi connectivity index (χ0) is 18.3. The van der Waals surface area contributed by atoms with E-state index in [4.69, 9.17) is 10.7 Å². The highest BCUT2D eigenvalue weighted by Gasteiger charge is 2.25. The normalized spacial score (nSPS) is 17.5. The van der Waals surface area contributed by atoms with Gasteiger partial charge in [-0.25, -0.2) is 4.98 Å². The second-order valence-corrected chi connectivity index (χ2v) is 7.06. The van der Waals surface area contributed by atoms with Crippen molar-refractivity contribution in [3.05, 3.63) is 41.5 Å². The Morgan fingerprint density at radius 1 is 1.42 bits per heavy atom. The van der Waals surface area contributed by atoms with Crippen LogP contribution in [-0.2, 0) is 4.79 Å². The monoisotopic (exact) mass is 347 g/mol. The van der Waals surface area contributed by atoms with Crippen LogP contribution in [0.15, 0.2) is 30.3 Å². The lowest BCUT2D eigenvalue weighted by atomic mass is 9.94. The number of nitriles is 1. The molecule has 4 rings (SSSR count). The smallest absolute Gasteiger partial charge is 0.217 e. The Balaban J connectivity index is 1.89. The topological polar surface area (TPSA) is 87.4 Å². The van der Waals surface area contributed by atoms with E-state index in [9.17, 15) is 10.1 Å². The molecule has 1 atom stereocenters. The van der Waals surface area contributed by atoms with E-state index < -0.39 is 0 Å². The van der Waals surface area contributed by atoms with Crippen molar-refractivity contribution in [3.63, 3.8) is 0 Å². The molecule has 1 aromatic carbocycles. The lowest BCUT2D eigenvalue weighted by molar-refractivity contribution is -0.118. The maximum absolute atomic E-state index is 11.3. The number of carbonyl (C=O) groups is 1. The van der Waals surface area contributed by atoms with Crippen LogP contribution in [0, 0.1) is 24.2 Å². The predicted molar refractivity (Wildman–Crippen MR) is 101 cm³/mol. The second-order valence-electron chi connectivity index (χ2n) is 7.06. The maximum atomic E-state index is 11.3. The van der Waals surface area contributed by atoms with E-state index in [1.807, 2.05) is 31.2 Å². The van der Waals surface area contributed by atoms with E-state index in [0.717, 1.165) is 48.3 Å². The largest absolute Gasteiger partial charge is 0.370 e. The molecule has 6 nitrogen and oxygen atoms in total. The molecule has 3 aromatic rings. The minimum atomic E-state index is -0.244. The summed E-state index contributed by atoms with van der Waals surface area (Å²) in [5, 5.41) is 9.62. The molecule has 1 fully saturated rings. The van der Waals surface area contributed by atoms with Gasteiger partial charge in [-0.15, -0.1) is 0 Å². The molecule has 1 amide bonds. The van der Waals surface area contributed by atoms with E-state index in [2.05, 4.69) is 21.4 Å². The highest BCUT2D eigenvalue weighted by Crippen LogP contribution is 2.31. The molecule has 1 aliphatic rings. The average molecular weight is 347 g/mol. The van der Waals surface area contributed by atoms with E-state index in [-0.39, 0.29) is 11.8 Å². The first-order valence-corrected chi connectivity index (χ1v) is 8.92. The first-order chi connectivity index (χ1) is 12.6. The standard InChI is InChI=1S/C20H21N5O/c1-13-9-19(24-8-4-5-14(12-24)10-18(22)26)25-17-7-3-2-6-16(17)23-20(25)15(13)11-21/h2-3,6-7,9,14H,4-5,8,10,12H2,1H3,(H2,22,26). The number of nitrogens with two attached hydrogens (primary N) is 1. The Hall–Kier alpha value is -3.07. The van der Waals surface area contributed by atoms with Crippen molar-refractivity contribution in [2.24, 2.45) is 11.7 Å². The van der Waals surface area contributed by atoms with E-state index in [1.165, 1.54) is 0 Å². The summed E-state index contributed by atoms with van der Waals surface area (Å²) in [4.78, 5) is 18.4. The number of aromatic nitrogens is 2. The molecule has 0 radical (unpaired) electrons. The van der Waals surface area contributed by atoms with Crippen LogP contribution >= 0.6 is 0 Å². The van der Waals surface area contributed by atoms with E-state index in [1.54, 1.807) is 0 Å². The van der Waals surface area contributed by atoms with Gasteiger partial charge in [0, 0.05) is 19.5 Å². The molecule has 2 aromatic heterocycles. The zero-order valence-corrected chi connectivity index (χ0v) is 14.8. The number of imidazole rings is 1. The fourth-order valence-corrected chi connectivity index (χ4v) is 4.03. The highest BCUT2D eigenvalue weighted by molar-refractivity contribution is 5.85. The van der Waals surface area contributed by atoms with Crippen LogP contribution in [0.3, 0.4) is 0 Å². The number of carbonyl (C=O) groups excluding carboxylic acids is 1. The third-order valence-electron chi connectivity index (χ3n) is 5.20. The van der Waals surface area contributed by atoms with Gasteiger partial charge < -0.3 is 10.6 Å². The molecule has 0 saturated carbocycles. The van der Waals surface area contributed by atoms with E-state index >= 15 is 0 Å². The van der Waals surface area contributed by atoms with Crippen LogP contribution in [0.2, 0.25) is 0 Å². The Morgan fingerprint density at radius 3 is 3.00 bits per heavy atom. The molecule has 26 heavy (non-hydrogen) atoms. The molecule has 0 bridgehead atoms. The SMILES string of the molecule is Cc1cc(N2CCCC(CC(N)=O)C2)n2c(nc3ccccc32)c1C#N. The number of fused-ring (bicyclic) bond motifs is 3. The number of pyridine rings is 1.